The number of hydrogen-bond acceptors (Lipinski definition) is 4. The summed E-state index contributed by atoms with van der Waals surface area (Å²) in [6.07, 6.45) is 3.34. The van der Waals surface area contributed by atoms with Gasteiger partial charge in [-0.25, -0.2) is 9.97 Å². The van der Waals surface area contributed by atoms with Crippen LogP contribution in [0.15, 0.2) is 30.6 Å². The zero-order valence-electron chi connectivity index (χ0n) is 7.18. The summed E-state index contributed by atoms with van der Waals surface area (Å²) in [5, 5.41) is 7.68. The second kappa shape index (κ2) is 3.26. The molecule has 0 amide bonds. The van der Waals surface area contributed by atoms with E-state index in [1.807, 2.05) is 25.1 Å². The molecule has 13 heavy (non-hydrogen) atoms. The SMILES string of the molecule is Cc1ccnc(-c2cccnn2)n1. The van der Waals surface area contributed by atoms with Gasteiger partial charge in [-0.3, -0.25) is 0 Å². The molecule has 0 spiro atoms. The second-order valence-corrected chi connectivity index (χ2v) is 2.63. The van der Waals surface area contributed by atoms with Crippen LogP contribution >= 0.6 is 0 Å². The maximum absolute atomic E-state index is 4.23. The minimum atomic E-state index is 0.619. The molecule has 0 saturated carbocycles. The highest BCUT2D eigenvalue weighted by Crippen LogP contribution is 2.08. The van der Waals surface area contributed by atoms with Crippen LogP contribution in [0.5, 0.6) is 0 Å². The summed E-state index contributed by atoms with van der Waals surface area (Å²) in [6, 6.07) is 5.50. The van der Waals surface area contributed by atoms with Gasteiger partial charge in [0.25, 0.3) is 0 Å². The van der Waals surface area contributed by atoms with Gasteiger partial charge in [0.2, 0.25) is 0 Å². The van der Waals surface area contributed by atoms with Crippen molar-refractivity contribution in [1.82, 2.24) is 20.2 Å². The summed E-state index contributed by atoms with van der Waals surface area (Å²) in [6.45, 7) is 1.92. The lowest BCUT2D eigenvalue weighted by atomic mass is 10.3. The topological polar surface area (TPSA) is 51.6 Å². The Bertz CT molecular complexity index is 399. The molecule has 0 atom stereocenters. The van der Waals surface area contributed by atoms with Crippen molar-refractivity contribution < 1.29 is 0 Å². The van der Waals surface area contributed by atoms with Crippen LogP contribution in [0.25, 0.3) is 11.5 Å². The lowest BCUT2D eigenvalue weighted by molar-refractivity contribution is 1.00. The van der Waals surface area contributed by atoms with E-state index in [2.05, 4.69) is 20.2 Å². The monoisotopic (exact) mass is 172 g/mol. The Morgan fingerprint density at radius 1 is 1.15 bits per heavy atom. The molecular weight excluding hydrogens is 164 g/mol. The van der Waals surface area contributed by atoms with Gasteiger partial charge in [0.1, 0.15) is 5.69 Å². The molecule has 0 radical (unpaired) electrons. The lowest BCUT2D eigenvalue weighted by Gasteiger charge is -1.97. The quantitative estimate of drug-likeness (QED) is 0.649. The lowest BCUT2D eigenvalue weighted by Crippen LogP contribution is -1.93. The van der Waals surface area contributed by atoms with Gasteiger partial charge in [0, 0.05) is 18.1 Å². The Hall–Kier alpha value is -1.84. The van der Waals surface area contributed by atoms with Crippen LogP contribution in [-0.2, 0) is 0 Å². The third kappa shape index (κ3) is 1.66. The molecule has 0 aliphatic carbocycles. The van der Waals surface area contributed by atoms with Gasteiger partial charge in [-0.15, -0.1) is 5.10 Å². The largest absolute Gasteiger partial charge is 0.235 e. The Kier molecular flexibility index (Phi) is 1.96. The Morgan fingerprint density at radius 2 is 2.08 bits per heavy atom. The van der Waals surface area contributed by atoms with E-state index in [-0.39, 0.29) is 0 Å². The van der Waals surface area contributed by atoms with Gasteiger partial charge >= 0.3 is 0 Å². The Balaban J connectivity index is 2.48. The molecule has 2 aromatic heterocycles. The zero-order chi connectivity index (χ0) is 9.10. The van der Waals surface area contributed by atoms with Gasteiger partial charge in [0.15, 0.2) is 5.82 Å². The van der Waals surface area contributed by atoms with Crippen molar-refractivity contribution in [3.05, 3.63) is 36.3 Å². The molecule has 0 aliphatic heterocycles. The normalized spacial score (nSPS) is 9.92. The average molecular weight is 172 g/mol. The van der Waals surface area contributed by atoms with Crippen molar-refractivity contribution in [2.45, 2.75) is 6.92 Å². The molecule has 2 aromatic rings. The van der Waals surface area contributed by atoms with E-state index in [0.29, 0.717) is 11.5 Å². The minimum Gasteiger partial charge on any atom is -0.235 e. The van der Waals surface area contributed by atoms with Gasteiger partial charge in [-0.1, -0.05) is 0 Å². The third-order valence-electron chi connectivity index (χ3n) is 1.60. The van der Waals surface area contributed by atoms with E-state index >= 15 is 0 Å². The summed E-state index contributed by atoms with van der Waals surface area (Å²) in [4.78, 5) is 8.33. The van der Waals surface area contributed by atoms with Crippen LogP contribution in [0, 0.1) is 6.92 Å². The van der Waals surface area contributed by atoms with E-state index in [1.165, 1.54) is 0 Å². The fraction of sp³-hybridized carbons (Fsp3) is 0.111. The molecule has 0 unspecified atom stereocenters. The molecule has 0 fully saturated rings. The number of aromatic nitrogens is 4. The van der Waals surface area contributed by atoms with E-state index in [9.17, 15) is 0 Å². The van der Waals surface area contributed by atoms with Crippen molar-refractivity contribution in [3.63, 3.8) is 0 Å². The second-order valence-electron chi connectivity index (χ2n) is 2.63. The van der Waals surface area contributed by atoms with E-state index in [1.54, 1.807) is 12.4 Å². The summed E-state index contributed by atoms with van der Waals surface area (Å²) >= 11 is 0. The van der Waals surface area contributed by atoms with Crippen molar-refractivity contribution in [2.24, 2.45) is 0 Å². The first kappa shape index (κ1) is 7.79. The standard InChI is InChI=1S/C9H8N4/c1-7-4-6-10-9(12-7)8-3-2-5-11-13-8/h2-6H,1H3. The van der Waals surface area contributed by atoms with Gasteiger partial charge in [0.05, 0.1) is 0 Å². The van der Waals surface area contributed by atoms with Crippen LogP contribution in [-0.4, -0.2) is 20.2 Å². The van der Waals surface area contributed by atoms with Crippen LogP contribution < -0.4 is 0 Å². The Morgan fingerprint density at radius 3 is 2.77 bits per heavy atom. The fourth-order valence-electron chi connectivity index (χ4n) is 0.993. The highest BCUT2D eigenvalue weighted by molar-refractivity contribution is 5.46. The zero-order valence-corrected chi connectivity index (χ0v) is 7.18. The smallest absolute Gasteiger partial charge is 0.180 e. The van der Waals surface area contributed by atoms with Crippen molar-refractivity contribution in [3.8, 4) is 11.5 Å². The molecule has 4 nitrogen and oxygen atoms in total. The number of aryl methyl sites for hydroxylation is 1. The molecule has 0 N–H and O–H groups in total. The molecule has 0 aliphatic rings. The van der Waals surface area contributed by atoms with Crippen LogP contribution in [0.3, 0.4) is 0 Å². The number of nitrogens with zero attached hydrogens (tertiary/aromatic N) is 4. The summed E-state index contributed by atoms with van der Waals surface area (Å²) in [7, 11) is 0. The molecule has 2 rings (SSSR count). The maximum atomic E-state index is 4.23. The Labute approximate surface area is 75.7 Å². The first-order valence-corrected chi connectivity index (χ1v) is 3.94. The predicted molar refractivity (Wildman–Crippen MR) is 47.8 cm³/mol. The molecular formula is C9H8N4. The van der Waals surface area contributed by atoms with Crippen molar-refractivity contribution in [1.29, 1.82) is 0 Å². The maximum Gasteiger partial charge on any atom is 0.180 e. The highest BCUT2D eigenvalue weighted by atomic mass is 15.1. The molecule has 0 aromatic carbocycles. The molecule has 0 saturated heterocycles. The van der Waals surface area contributed by atoms with Gasteiger partial charge in [-0.05, 0) is 25.1 Å². The first-order chi connectivity index (χ1) is 6.36. The predicted octanol–water partition coefficient (Wildman–Crippen LogP) is 1.24. The fourth-order valence-corrected chi connectivity index (χ4v) is 0.993. The highest BCUT2D eigenvalue weighted by Gasteiger charge is 2.00. The summed E-state index contributed by atoms with van der Waals surface area (Å²) < 4.78 is 0. The van der Waals surface area contributed by atoms with Crippen LogP contribution in [0.4, 0.5) is 0 Å². The van der Waals surface area contributed by atoms with Gasteiger partial charge in [-0.2, -0.15) is 5.10 Å². The first-order valence-electron chi connectivity index (χ1n) is 3.94. The van der Waals surface area contributed by atoms with E-state index in [4.69, 9.17) is 0 Å². The molecule has 4 heteroatoms. The van der Waals surface area contributed by atoms with E-state index in [0.717, 1.165) is 5.69 Å². The van der Waals surface area contributed by atoms with Gasteiger partial charge < -0.3 is 0 Å². The average Bonchev–Trinajstić information content (AvgIpc) is 2.19. The van der Waals surface area contributed by atoms with Crippen molar-refractivity contribution >= 4 is 0 Å². The minimum absolute atomic E-state index is 0.619. The van der Waals surface area contributed by atoms with Crippen molar-refractivity contribution in [2.75, 3.05) is 0 Å². The molecule has 64 valence electrons. The van der Waals surface area contributed by atoms with Crippen LogP contribution in [0.2, 0.25) is 0 Å². The third-order valence-corrected chi connectivity index (χ3v) is 1.60. The number of rotatable bonds is 1. The number of hydrogen-bond donors (Lipinski definition) is 0. The van der Waals surface area contributed by atoms with E-state index < -0.39 is 0 Å². The molecule has 0 bridgehead atoms. The van der Waals surface area contributed by atoms with Crippen LogP contribution in [0.1, 0.15) is 5.69 Å². The summed E-state index contributed by atoms with van der Waals surface area (Å²) in [5.41, 5.74) is 1.63. The molecule has 2 heterocycles. The summed E-state index contributed by atoms with van der Waals surface area (Å²) in [5.74, 6) is 0.619.